The molecule has 0 saturated heterocycles. The molecule has 3 N–H and O–H groups in total. The third-order valence-corrected chi connectivity index (χ3v) is 0.289. The number of hydrogen-bond donors (Lipinski definition) is 3. The van der Waals surface area contributed by atoms with Crippen LogP contribution in [0.5, 0.6) is 0 Å². The molecule has 0 rings (SSSR count). The molecule has 0 aromatic rings. The van der Waals surface area contributed by atoms with Crippen LogP contribution in [0.15, 0.2) is 0 Å². The average Bonchev–Trinajstić information content (AvgIpc) is 1.61. The van der Waals surface area contributed by atoms with Crippen LogP contribution in [0.3, 0.4) is 0 Å². The third kappa shape index (κ3) is 117. The molecule has 0 atom stereocenters. The summed E-state index contributed by atoms with van der Waals surface area (Å²) in [6, 6.07) is 0. The Bertz CT molecular complexity index is 132. The molecule has 0 aromatic heterocycles. The molecule has 0 aliphatic rings. The van der Waals surface area contributed by atoms with Crippen molar-refractivity contribution in [1.82, 2.24) is 0 Å². The maximum Gasteiger partial charge on any atom is 1.00 e. The molecule has 0 bridgehead atoms. The van der Waals surface area contributed by atoms with Crippen LogP contribution >= 0.6 is 7.82 Å². The van der Waals surface area contributed by atoms with Gasteiger partial charge < -0.3 is 24.6 Å². The zero-order valence-electron chi connectivity index (χ0n) is 6.22. The van der Waals surface area contributed by atoms with E-state index in [1.165, 1.54) is 6.92 Å². The monoisotopic (exact) mass is 194 g/mol. The molecule has 11 heavy (non-hydrogen) atoms. The fourth-order valence-corrected chi connectivity index (χ4v) is 0. The van der Waals surface area contributed by atoms with E-state index in [0.29, 0.717) is 0 Å². The molecule has 0 radical (unpaired) electrons. The van der Waals surface area contributed by atoms with Gasteiger partial charge >= 0.3 is 37.4 Å². The fraction of sp³-hybridized carbons (Fsp3) is 0.667. The number of carboxylic acids is 1. The van der Waals surface area contributed by atoms with Crippen LogP contribution in [0.4, 0.5) is 0 Å². The molecule has 0 aliphatic carbocycles. The molecule has 0 saturated carbocycles. The van der Waals surface area contributed by atoms with Gasteiger partial charge in [-0.3, -0.25) is 0 Å². The van der Waals surface area contributed by atoms with Crippen molar-refractivity contribution in [3.05, 3.63) is 0 Å². The van der Waals surface area contributed by atoms with E-state index in [1.54, 1.807) is 0 Å². The Labute approximate surface area is 85.8 Å². The number of rotatable bonds is 1. The van der Waals surface area contributed by atoms with Crippen LogP contribution in [0.1, 0.15) is 13.3 Å². The predicted octanol–water partition coefficient (Wildman–Crippen LogP) is -4.78. The second-order valence-electron chi connectivity index (χ2n) is 1.24. The first-order chi connectivity index (χ1) is 4.27. The molecule has 62 valence electrons. The van der Waals surface area contributed by atoms with Gasteiger partial charge in [-0.1, -0.05) is 6.92 Å². The summed E-state index contributed by atoms with van der Waals surface area (Å²) in [4.78, 5) is 30.8. The molecular weight excluding hydrogens is 186 g/mol. The molecule has 0 fully saturated rings. The van der Waals surface area contributed by atoms with E-state index in [0.717, 1.165) is 0 Å². The number of carbonyl (C=O) groups excluding carboxylic acids is 1. The SMILES string of the molecule is CCC(=O)[O-].O=P(O)(O)O.[Na+]. The Morgan fingerprint density at radius 2 is 1.55 bits per heavy atom. The first-order valence-electron chi connectivity index (χ1n) is 2.25. The van der Waals surface area contributed by atoms with Crippen LogP contribution in [-0.2, 0) is 9.36 Å². The van der Waals surface area contributed by atoms with E-state index in [1.807, 2.05) is 0 Å². The van der Waals surface area contributed by atoms with Crippen LogP contribution in [-0.4, -0.2) is 20.6 Å². The maximum atomic E-state index is 9.26. The summed E-state index contributed by atoms with van der Waals surface area (Å²) < 4.78 is 8.88. The van der Waals surface area contributed by atoms with Crippen molar-refractivity contribution in [3.8, 4) is 0 Å². The minimum Gasteiger partial charge on any atom is -0.550 e. The first-order valence-corrected chi connectivity index (χ1v) is 3.82. The van der Waals surface area contributed by atoms with E-state index in [4.69, 9.17) is 19.2 Å². The summed E-state index contributed by atoms with van der Waals surface area (Å²) in [5.74, 6) is -0.995. The molecule has 0 aromatic carbocycles. The minimum atomic E-state index is -4.64. The molecule has 0 amide bonds. The van der Waals surface area contributed by atoms with Crippen molar-refractivity contribution in [2.24, 2.45) is 0 Å². The predicted molar refractivity (Wildman–Crippen MR) is 29.6 cm³/mol. The summed E-state index contributed by atoms with van der Waals surface area (Å²) in [7, 11) is -4.64. The number of phosphoric acid groups is 1. The number of aliphatic carboxylic acids is 1. The van der Waals surface area contributed by atoms with Gasteiger partial charge in [-0.25, -0.2) is 4.57 Å². The summed E-state index contributed by atoms with van der Waals surface area (Å²) in [5, 5.41) is 9.26. The third-order valence-electron chi connectivity index (χ3n) is 0.289. The molecule has 0 heterocycles. The molecule has 0 spiro atoms. The fourth-order valence-electron chi connectivity index (χ4n) is 0. The molecule has 6 nitrogen and oxygen atoms in total. The molecule has 0 aliphatic heterocycles. The van der Waals surface area contributed by atoms with Gasteiger partial charge in [0.15, 0.2) is 0 Å². The average molecular weight is 194 g/mol. The summed E-state index contributed by atoms with van der Waals surface area (Å²) >= 11 is 0. The summed E-state index contributed by atoms with van der Waals surface area (Å²) in [5.41, 5.74) is 0. The van der Waals surface area contributed by atoms with Crippen molar-refractivity contribution in [2.45, 2.75) is 13.3 Å². The van der Waals surface area contributed by atoms with Crippen LogP contribution in [0.25, 0.3) is 0 Å². The van der Waals surface area contributed by atoms with Crippen LogP contribution in [0.2, 0.25) is 0 Å². The summed E-state index contributed by atoms with van der Waals surface area (Å²) in [6.07, 6.45) is 0.111. The normalized spacial score (nSPS) is 8.73. The smallest absolute Gasteiger partial charge is 0.550 e. The zero-order chi connectivity index (χ0) is 8.78. The Morgan fingerprint density at radius 1 is 1.45 bits per heavy atom. The number of carboxylic acid groups (broad SMARTS) is 1. The van der Waals surface area contributed by atoms with Crippen molar-refractivity contribution in [1.29, 1.82) is 0 Å². The van der Waals surface area contributed by atoms with Gasteiger partial charge in [0.1, 0.15) is 0 Å². The van der Waals surface area contributed by atoms with Gasteiger partial charge in [0.2, 0.25) is 0 Å². The Hall–Kier alpha value is 0.580. The van der Waals surface area contributed by atoms with Gasteiger partial charge in [-0.05, 0) is 6.42 Å². The van der Waals surface area contributed by atoms with Crippen molar-refractivity contribution < 1.29 is 58.7 Å². The number of carbonyl (C=O) groups is 1. The second kappa shape index (κ2) is 8.67. The molecule has 0 unspecified atom stereocenters. The number of hydrogen-bond acceptors (Lipinski definition) is 3. The van der Waals surface area contributed by atoms with Crippen LogP contribution < -0.4 is 34.7 Å². The summed E-state index contributed by atoms with van der Waals surface area (Å²) in [6.45, 7) is 1.54. The standard InChI is InChI=1S/C3H6O2.Na.H3O4P/c1-2-3(4)5;;1-5(2,3)4/h2H2,1H3,(H,4,5);;(H3,1,2,3,4)/q;+1;/p-1. The Morgan fingerprint density at radius 3 is 1.55 bits per heavy atom. The quantitative estimate of drug-likeness (QED) is 0.285. The van der Waals surface area contributed by atoms with E-state index in [2.05, 4.69) is 0 Å². The largest absolute Gasteiger partial charge is 1.00 e. The van der Waals surface area contributed by atoms with E-state index in [-0.39, 0.29) is 36.0 Å². The molecule has 8 heteroatoms. The van der Waals surface area contributed by atoms with Crippen molar-refractivity contribution in [3.63, 3.8) is 0 Å². The van der Waals surface area contributed by atoms with Gasteiger partial charge in [0.25, 0.3) is 0 Å². The van der Waals surface area contributed by atoms with Crippen LogP contribution in [0, 0.1) is 0 Å². The maximum absolute atomic E-state index is 9.26. The molecular formula is C3H8NaO6P. The van der Waals surface area contributed by atoms with Gasteiger partial charge in [-0.2, -0.15) is 0 Å². The minimum absolute atomic E-state index is 0. The van der Waals surface area contributed by atoms with Gasteiger partial charge in [0.05, 0.1) is 0 Å². The van der Waals surface area contributed by atoms with E-state index < -0.39 is 13.8 Å². The van der Waals surface area contributed by atoms with E-state index >= 15 is 0 Å². The first kappa shape index (κ1) is 17.6. The van der Waals surface area contributed by atoms with Crippen molar-refractivity contribution in [2.75, 3.05) is 0 Å². The second-order valence-corrected chi connectivity index (χ2v) is 2.27. The Kier molecular flexibility index (Phi) is 13.9. The van der Waals surface area contributed by atoms with Gasteiger partial charge in [-0.15, -0.1) is 0 Å². The topological polar surface area (TPSA) is 118 Å². The Balaban J connectivity index is -0.000000107. The van der Waals surface area contributed by atoms with E-state index in [9.17, 15) is 9.90 Å². The zero-order valence-corrected chi connectivity index (χ0v) is 9.12. The van der Waals surface area contributed by atoms with Crippen molar-refractivity contribution >= 4 is 13.8 Å². The van der Waals surface area contributed by atoms with Gasteiger partial charge in [0, 0.05) is 5.97 Å².